The summed E-state index contributed by atoms with van der Waals surface area (Å²) in [5, 5.41) is 10.8. The van der Waals surface area contributed by atoms with Gasteiger partial charge in [0.15, 0.2) is 5.65 Å². The Morgan fingerprint density at radius 1 is 1.14 bits per heavy atom. The highest BCUT2D eigenvalue weighted by Gasteiger charge is 2.38. The Kier molecular flexibility index (Phi) is 6.47. The predicted molar refractivity (Wildman–Crippen MR) is 143 cm³/mol. The molecule has 2 amide bonds. The molecule has 0 aliphatic heterocycles. The number of alkyl halides is 5. The second-order valence-electron chi connectivity index (χ2n) is 9.79. The van der Waals surface area contributed by atoms with E-state index in [-0.39, 0.29) is 49.2 Å². The highest BCUT2D eigenvalue weighted by molar-refractivity contribution is 7.21. The maximum atomic E-state index is 13.9. The number of nitrogens with zero attached hydrogens (tertiary/aromatic N) is 6. The van der Waals surface area contributed by atoms with Crippen LogP contribution in [-0.2, 0) is 12.7 Å². The Morgan fingerprint density at radius 2 is 1.88 bits per heavy atom. The minimum absolute atomic E-state index is 0.00362. The summed E-state index contributed by atoms with van der Waals surface area (Å²) in [6.07, 6.45) is -3.95. The van der Waals surface area contributed by atoms with Gasteiger partial charge in [-0.15, -0.1) is 11.3 Å². The van der Waals surface area contributed by atoms with Crippen LogP contribution in [0.1, 0.15) is 74.9 Å². The second-order valence-corrected chi connectivity index (χ2v) is 10.8. The Balaban J connectivity index is 1.54. The van der Waals surface area contributed by atoms with Gasteiger partial charge in [0.1, 0.15) is 26.7 Å². The number of halogens is 5. The van der Waals surface area contributed by atoms with Crippen molar-refractivity contribution in [2.45, 2.75) is 51.8 Å². The molecule has 0 radical (unpaired) electrons. The Morgan fingerprint density at radius 3 is 2.48 bits per heavy atom. The Bertz CT molecular complexity index is 1900. The molecule has 0 spiro atoms. The molecule has 1 aliphatic carbocycles. The molecule has 0 saturated heterocycles. The van der Waals surface area contributed by atoms with E-state index >= 15 is 0 Å². The standard InChI is InChI=1S/C26H21F5N8O2S/c1-3-38-10(2)13(8-33-38)12-6-16(21(27)28)36-25-18(12)19(20(42-25)22(32)40)37-24(41)14-9-34-39-17(26(29,30)31)7-15(11-4-5-11)35-23(14)39/h6-9,11,21H,3-5H2,1-2H3,(H2,32,40)(H,37,41). The molecule has 1 aliphatic rings. The fraction of sp³-hybridized carbons (Fsp3) is 0.308. The first-order valence-electron chi connectivity index (χ1n) is 12.7. The molecule has 5 heterocycles. The van der Waals surface area contributed by atoms with Gasteiger partial charge in [0.2, 0.25) is 0 Å². The normalized spacial score (nSPS) is 13.9. The minimum atomic E-state index is -4.77. The lowest BCUT2D eigenvalue weighted by atomic mass is 10.0. The fourth-order valence-corrected chi connectivity index (χ4v) is 5.89. The average molecular weight is 605 g/mol. The molecule has 218 valence electrons. The molecular weight excluding hydrogens is 583 g/mol. The molecule has 3 N–H and O–H groups in total. The van der Waals surface area contributed by atoms with Gasteiger partial charge in [-0.3, -0.25) is 14.3 Å². The maximum absolute atomic E-state index is 13.9. The topological polar surface area (TPSA) is 133 Å². The van der Waals surface area contributed by atoms with Crippen molar-refractivity contribution >= 4 is 44.7 Å². The van der Waals surface area contributed by atoms with Gasteiger partial charge < -0.3 is 11.1 Å². The summed E-state index contributed by atoms with van der Waals surface area (Å²) in [6.45, 7) is 4.08. The SMILES string of the molecule is CCn1ncc(-c2cc(C(F)F)nc3sc(C(N)=O)c(NC(=O)c4cnn5c(C(F)(F)F)cc(C6CC6)nc45)c23)c1C. The van der Waals surface area contributed by atoms with Crippen LogP contribution in [0, 0.1) is 6.92 Å². The van der Waals surface area contributed by atoms with E-state index in [1.807, 2.05) is 6.92 Å². The van der Waals surface area contributed by atoms with Gasteiger partial charge in [0, 0.05) is 34.8 Å². The number of hydrogen-bond acceptors (Lipinski definition) is 7. The third-order valence-electron chi connectivity index (χ3n) is 7.08. The molecule has 5 aromatic heterocycles. The van der Waals surface area contributed by atoms with E-state index < -0.39 is 35.8 Å². The van der Waals surface area contributed by atoms with Crippen LogP contribution in [-0.4, -0.2) is 41.2 Å². The van der Waals surface area contributed by atoms with E-state index in [2.05, 4.69) is 25.5 Å². The fourth-order valence-electron chi connectivity index (χ4n) is 4.88. The van der Waals surface area contributed by atoms with Crippen LogP contribution in [0.5, 0.6) is 0 Å². The molecule has 10 nitrogen and oxygen atoms in total. The van der Waals surface area contributed by atoms with Crippen LogP contribution >= 0.6 is 11.3 Å². The number of fused-ring (bicyclic) bond motifs is 2. The molecule has 5 aromatic rings. The molecular formula is C26H21F5N8O2S. The van der Waals surface area contributed by atoms with Crippen molar-refractivity contribution in [3.8, 4) is 11.1 Å². The van der Waals surface area contributed by atoms with E-state index in [0.29, 0.717) is 46.5 Å². The highest BCUT2D eigenvalue weighted by Crippen LogP contribution is 2.44. The monoisotopic (exact) mass is 604 g/mol. The smallest absolute Gasteiger partial charge is 0.365 e. The number of primary amides is 1. The van der Waals surface area contributed by atoms with Crippen molar-refractivity contribution in [3.63, 3.8) is 0 Å². The van der Waals surface area contributed by atoms with Crippen molar-refractivity contribution in [2.75, 3.05) is 5.32 Å². The summed E-state index contributed by atoms with van der Waals surface area (Å²) in [6, 6.07) is 2.08. The lowest BCUT2D eigenvalue weighted by Crippen LogP contribution is -2.18. The van der Waals surface area contributed by atoms with Gasteiger partial charge in [0.25, 0.3) is 18.2 Å². The van der Waals surface area contributed by atoms with Crippen LogP contribution < -0.4 is 11.1 Å². The van der Waals surface area contributed by atoms with Crippen LogP contribution in [0.2, 0.25) is 0 Å². The number of thiophene rings is 1. The zero-order chi connectivity index (χ0) is 30.1. The van der Waals surface area contributed by atoms with E-state index in [9.17, 15) is 31.5 Å². The summed E-state index contributed by atoms with van der Waals surface area (Å²) in [4.78, 5) is 34.2. The average Bonchev–Trinajstić information content (AvgIpc) is 3.43. The number of rotatable bonds is 7. The molecule has 6 rings (SSSR count). The summed E-state index contributed by atoms with van der Waals surface area (Å²) in [7, 11) is 0. The quantitative estimate of drug-likeness (QED) is 0.229. The zero-order valence-electron chi connectivity index (χ0n) is 22.0. The van der Waals surface area contributed by atoms with Crippen LogP contribution in [0.4, 0.5) is 27.6 Å². The number of hydrogen-bond donors (Lipinski definition) is 2. The number of aryl methyl sites for hydroxylation is 1. The van der Waals surface area contributed by atoms with E-state index in [1.165, 1.54) is 6.20 Å². The molecule has 0 aromatic carbocycles. The number of amides is 2. The maximum Gasteiger partial charge on any atom is 0.433 e. The lowest BCUT2D eigenvalue weighted by molar-refractivity contribution is -0.142. The first-order valence-corrected chi connectivity index (χ1v) is 13.6. The zero-order valence-corrected chi connectivity index (χ0v) is 22.8. The van der Waals surface area contributed by atoms with Crippen molar-refractivity contribution in [1.29, 1.82) is 0 Å². The number of nitrogens with one attached hydrogen (secondary N) is 1. The predicted octanol–water partition coefficient (Wildman–Crippen LogP) is 5.72. The largest absolute Gasteiger partial charge is 0.433 e. The number of carbonyl (C=O) groups excluding carboxylic acids is 2. The first kappa shape index (κ1) is 27.7. The van der Waals surface area contributed by atoms with Gasteiger partial charge in [-0.2, -0.15) is 23.4 Å². The van der Waals surface area contributed by atoms with Crippen molar-refractivity contribution in [2.24, 2.45) is 5.73 Å². The Labute approximate surface area is 237 Å². The van der Waals surface area contributed by atoms with E-state index in [1.54, 1.807) is 11.6 Å². The van der Waals surface area contributed by atoms with Crippen molar-refractivity contribution in [1.82, 2.24) is 29.4 Å². The molecule has 1 saturated carbocycles. The summed E-state index contributed by atoms with van der Waals surface area (Å²) in [5.41, 5.74) is 4.75. The first-order chi connectivity index (χ1) is 19.9. The van der Waals surface area contributed by atoms with Gasteiger partial charge >= 0.3 is 6.18 Å². The molecule has 0 unspecified atom stereocenters. The number of nitrogens with two attached hydrogens (primary N) is 1. The molecule has 0 atom stereocenters. The van der Waals surface area contributed by atoms with Crippen LogP contribution in [0.3, 0.4) is 0 Å². The Hall–Kier alpha value is -4.47. The number of anilines is 1. The lowest BCUT2D eigenvalue weighted by Gasteiger charge is -2.12. The van der Waals surface area contributed by atoms with Gasteiger partial charge in [-0.25, -0.2) is 23.3 Å². The minimum Gasteiger partial charge on any atom is -0.365 e. The van der Waals surface area contributed by atoms with Crippen molar-refractivity contribution in [3.05, 3.63) is 57.7 Å². The van der Waals surface area contributed by atoms with E-state index in [4.69, 9.17) is 5.73 Å². The highest BCUT2D eigenvalue weighted by atomic mass is 32.1. The molecule has 16 heteroatoms. The van der Waals surface area contributed by atoms with E-state index in [0.717, 1.165) is 18.3 Å². The number of pyridine rings is 1. The van der Waals surface area contributed by atoms with Gasteiger partial charge in [-0.1, -0.05) is 0 Å². The molecule has 0 bridgehead atoms. The second kappa shape index (κ2) is 9.82. The third-order valence-corrected chi connectivity index (χ3v) is 8.18. The van der Waals surface area contributed by atoms with Gasteiger partial charge in [-0.05, 0) is 44.4 Å². The molecule has 1 fully saturated rings. The summed E-state index contributed by atoms with van der Waals surface area (Å²) < 4.78 is 71.5. The van der Waals surface area contributed by atoms with Crippen LogP contribution in [0.15, 0.2) is 24.5 Å². The number of aromatic nitrogens is 6. The van der Waals surface area contributed by atoms with Crippen molar-refractivity contribution < 1.29 is 31.5 Å². The summed E-state index contributed by atoms with van der Waals surface area (Å²) >= 11 is 0.708. The summed E-state index contributed by atoms with van der Waals surface area (Å²) in [5.74, 6) is -2.05. The molecule has 42 heavy (non-hydrogen) atoms. The third kappa shape index (κ3) is 4.55. The van der Waals surface area contributed by atoms with Crippen LogP contribution in [0.25, 0.3) is 27.0 Å². The number of carbonyl (C=O) groups is 2. The van der Waals surface area contributed by atoms with Gasteiger partial charge in [0.05, 0.1) is 18.1 Å².